The average molecular weight is 514 g/mol. The normalized spacial score (nSPS) is 22.7. The van der Waals surface area contributed by atoms with Crippen LogP contribution in [0.1, 0.15) is 18.2 Å². The zero-order chi connectivity index (χ0) is 26.5. The number of methoxy groups -OCH3 is 1. The Morgan fingerprint density at radius 3 is 2.86 bits per heavy atom. The van der Waals surface area contributed by atoms with Crippen molar-refractivity contribution in [1.82, 2.24) is 24.4 Å². The minimum Gasteiger partial charge on any atom is -0.497 e. The second-order valence-electron chi connectivity index (χ2n) is 8.80. The number of aliphatic carboxylic acids is 1. The van der Waals surface area contributed by atoms with E-state index in [9.17, 15) is 20.1 Å². The second-order valence-corrected chi connectivity index (χ2v) is 8.80. The third-order valence-electron chi connectivity index (χ3n) is 6.28. The van der Waals surface area contributed by atoms with Gasteiger partial charge in [0.15, 0.2) is 17.7 Å². The van der Waals surface area contributed by atoms with Gasteiger partial charge in [0, 0.05) is 19.6 Å². The molecule has 0 bridgehead atoms. The van der Waals surface area contributed by atoms with Crippen molar-refractivity contribution in [3.05, 3.63) is 48.6 Å². The smallest absolute Gasteiger partial charge is 0.320 e. The average Bonchev–Trinajstić information content (AvgIpc) is 3.44. The summed E-state index contributed by atoms with van der Waals surface area (Å²) in [4.78, 5) is 25.4. The number of rotatable bonds is 11. The summed E-state index contributed by atoms with van der Waals surface area (Å²) < 4.78 is 12.8. The molecule has 7 N–H and O–H groups in total. The molecule has 1 aliphatic heterocycles. The van der Waals surface area contributed by atoms with Crippen molar-refractivity contribution in [3.63, 3.8) is 0 Å². The molecule has 0 saturated carbocycles. The van der Waals surface area contributed by atoms with Crippen molar-refractivity contribution in [3.8, 4) is 5.75 Å². The van der Waals surface area contributed by atoms with E-state index in [0.717, 1.165) is 11.3 Å². The molecule has 37 heavy (non-hydrogen) atoms. The van der Waals surface area contributed by atoms with Crippen LogP contribution in [0.15, 0.2) is 43.0 Å². The van der Waals surface area contributed by atoms with Gasteiger partial charge in [0.2, 0.25) is 0 Å². The number of carboxylic acid groups (broad SMARTS) is 1. The largest absolute Gasteiger partial charge is 0.497 e. The first-order valence-corrected chi connectivity index (χ1v) is 11.7. The fourth-order valence-corrected chi connectivity index (χ4v) is 4.21. The van der Waals surface area contributed by atoms with Gasteiger partial charge in [-0.15, -0.1) is 0 Å². The predicted octanol–water partition coefficient (Wildman–Crippen LogP) is -0.146. The van der Waals surface area contributed by atoms with Crippen LogP contribution in [0.3, 0.4) is 0 Å². The standard InChI is InChI=1S/C24H31N7O6/c1-36-15-6-2-4-14(10-15)5-3-8-30(9-7-16(25)24(34)35)11-17-19(32)20(33)23(37-17)31-13-29-18-21(26)27-12-28-22(18)31/h2-6,10,12-13,16-17,19-20,23,32-33H,7-9,11,25H2,1H3,(H,34,35)(H2,26,27,28)/b5-3+/t16-,17+,19+,20+,23+/m0/s1. The lowest BCUT2D eigenvalue weighted by molar-refractivity contribution is -0.138. The van der Waals surface area contributed by atoms with Crippen LogP contribution in [-0.4, -0.2) is 96.8 Å². The van der Waals surface area contributed by atoms with Gasteiger partial charge in [-0.3, -0.25) is 14.3 Å². The first kappa shape index (κ1) is 26.4. The number of nitrogens with zero attached hydrogens (tertiary/aromatic N) is 5. The van der Waals surface area contributed by atoms with Gasteiger partial charge in [0.05, 0.1) is 13.4 Å². The maximum Gasteiger partial charge on any atom is 0.320 e. The van der Waals surface area contributed by atoms with Gasteiger partial charge in [-0.1, -0.05) is 24.3 Å². The summed E-state index contributed by atoms with van der Waals surface area (Å²) in [5, 5.41) is 30.7. The number of ether oxygens (including phenoxy) is 2. The molecule has 13 nitrogen and oxygen atoms in total. The lowest BCUT2D eigenvalue weighted by Gasteiger charge is -2.26. The molecule has 4 rings (SSSR count). The van der Waals surface area contributed by atoms with Gasteiger partial charge in [-0.2, -0.15) is 0 Å². The van der Waals surface area contributed by atoms with E-state index < -0.39 is 36.6 Å². The van der Waals surface area contributed by atoms with Gasteiger partial charge in [-0.05, 0) is 24.1 Å². The van der Waals surface area contributed by atoms with E-state index in [1.165, 1.54) is 17.2 Å². The summed E-state index contributed by atoms with van der Waals surface area (Å²) in [7, 11) is 1.60. The molecule has 0 spiro atoms. The zero-order valence-electron chi connectivity index (χ0n) is 20.3. The third-order valence-corrected chi connectivity index (χ3v) is 6.28. The lowest BCUT2D eigenvalue weighted by Crippen LogP contribution is -2.42. The number of nitrogen functional groups attached to an aromatic ring is 1. The van der Waals surface area contributed by atoms with Gasteiger partial charge >= 0.3 is 5.97 Å². The van der Waals surface area contributed by atoms with Crippen LogP contribution < -0.4 is 16.2 Å². The highest BCUT2D eigenvalue weighted by molar-refractivity contribution is 5.81. The van der Waals surface area contributed by atoms with E-state index in [1.807, 2.05) is 41.3 Å². The summed E-state index contributed by atoms with van der Waals surface area (Å²) >= 11 is 0. The molecule has 1 saturated heterocycles. The first-order chi connectivity index (χ1) is 17.8. The molecule has 1 aliphatic rings. The Morgan fingerprint density at radius 1 is 1.30 bits per heavy atom. The molecular weight excluding hydrogens is 482 g/mol. The Labute approximate surface area is 213 Å². The number of carboxylic acids is 1. The summed E-state index contributed by atoms with van der Waals surface area (Å²) in [6, 6.07) is 6.52. The monoisotopic (exact) mass is 513 g/mol. The number of nitrogens with two attached hydrogens (primary N) is 2. The van der Waals surface area contributed by atoms with Crippen LogP contribution in [0.2, 0.25) is 0 Å². The van der Waals surface area contributed by atoms with Gasteiger partial charge in [0.25, 0.3) is 0 Å². The summed E-state index contributed by atoms with van der Waals surface area (Å²) in [5.74, 6) is -0.169. The Bertz CT molecular complexity index is 1250. The topological polar surface area (TPSA) is 195 Å². The van der Waals surface area contributed by atoms with Crippen molar-refractivity contribution in [1.29, 1.82) is 0 Å². The highest BCUT2D eigenvalue weighted by Crippen LogP contribution is 2.32. The fraction of sp³-hybridized carbons (Fsp3) is 0.417. The van der Waals surface area contributed by atoms with E-state index in [1.54, 1.807) is 7.11 Å². The summed E-state index contributed by atoms with van der Waals surface area (Å²) in [5.41, 5.74) is 13.2. The molecule has 0 unspecified atom stereocenters. The molecule has 1 aromatic carbocycles. The van der Waals surface area contributed by atoms with Crippen molar-refractivity contribution in [2.45, 2.75) is 37.0 Å². The second kappa shape index (κ2) is 11.6. The summed E-state index contributed by atoms with van der Waals surface area (Å²) in [6.07, 6.45) is 2.55. The van der Waals surface area contributed by atoms with Gasteiger partial charge in [0.1, 0.15) is 41.9 Å². The number of imidazole rings is 1. The maximum absolute atomic E-state index is 11.2. The molecule has 1 fully saturated rings. The van der Waals surface area contributed by atoms with Crippen molar-refractivity contribution in [2.24, 2.45) is 5.73 Å². The van der Waals surface area contributed by atoms with Crippen LogP contribution in [0, 0.1) is 0 Å². The molecular formula is C24H31N7O6. The minimum atomic E-state index is -1.26. The predicted molar refractivity (Wildman–Crippen MR) is 134 cm³/mol. The Kier molecular flexibility index (Phi) is 8.31. The van der Waals surface area contributed by atoms with Crippen LogP contribution in [0.4, 0.5) is 5.82 Å². The van der Waals surface area contributed by atoms with Crippen LogP contribution in [0.5, 0.6) is 5.75 Å². The molecule has 0 aliphatic carbocycles. The van der Waals surface area contributed by atoms with Crippen molar-refractivity contribution >= 4 is 29.0 Å². The van der Waals surface area contributed by atoms with Crippen molar-refractivity contribution in [2.75, 3.05) is 32.5 Å². The zero-order valence-corrected chi connectivity index (χ0v) is 20.3. The fourth-order valence-electron chi connectivity index (χ4n) is 4.21. The first-order valence-electron chi connectivity index (χ1n) is 11.7. The van der Waals surface area contributed by atoms with Crippen LogP contribution >= 0.6 is 0 Å². The Balaban J connectivity index is 1.48. The Morgan fingerprint density at radius 2 is 2.11 bits per heavy atom. The molecule has 198 valence electrons. The van der Waals surface area contributed by atoms with Crippen molar-refractivity contribution < 1.29 is 29.6 Å². The molecule has 0 amide bonds. The molecule has 3 aromatic rings. The third kappa shape index (κ3) is 6.03. The van der Waals surface area contributed by atoms with Crippen LogP contribution in [0.25, 0.3) is 17.2 Å². The highest BCUT2D eigenvalue weighted by Gasteiger charge is 2.44. The summed E-state index contributed by atoms with van der Waals surface area (Å²) in [6.45, 7) is 0.975. The molecule has 3 heterocycles. The number of aliphatic hydroxyl groups is 2. The molecule has 5 atom stereocenters. The number of aromatic nitrogens is 4. The molecule has 13 heteroatoms. The lowest BCUT2D eigenvalue weighted by atomic mass is 10.1. The molecule has 0 radical (unpaired) electrons. The number of fused-ring (bicyclic) bond motifs is 1. The number of anilines is 1. The number of hydrogen-bond donors (Lipinski definition) is 5. The molecule has 2 aromatic heterocycles. The van der Waals surface area contributed by atoms with E-state index in [-0.39, 0.29) is 18.8 Å². The van der Waals surface area contributed by atoms with Crippen LogP contribution in [-0.2, 0) is 9.53 Å². The number of hydrogen-bond acceptors (Lipinski definition) is 11. The highest BCUT2D eigenvalue weighted by atomic mass is 16.6. The maximum atomic E-state index is 11.2. The minimum absolute atomic E-state index is 0.192. The van der Waals surface area contributed by atoms with Gasteiger partial charge < -0.3 is 36.3 Å². The van der Waals surface area contributed by atoms with E-state index in [2.05, 4.69) is 15.0 Å². The van der Waals surface area contributed by atoms with E-state index in [4.69, 9.17) is 20.9 Å². The SMILES string of the molecule is COc1cccc(/C=C/CN(CC[C@H](N)C(=O)O)C[C@H]2O[C@@H](n3cnc4c(N)ncnc43)[C@H](O)[C@@H]2O)c1. The quantitative estimate of drug-likeness (QED) is 0.228. The van der Waals surface area contributed by atoms with E-state index >= 15 is 0 Å². The number of aliphatic hydroxyl groups excluding tert-OH is 2. The van der Waals surface area contributed by atoms with Gasteiger partial charge in [-0.25, -0.2) is 15.0 Å². The number of carbonyl (C=O) groups is 1. The Hall–Kier alpha value is -3.62. The number of benzene rings is 1. The van der Waals surface area contributed by atoms with E-state index in [0.29, 0.717) is 24.3 Å².